The summed E-state index contributed by atoms with van der Waals surface area (Å²) in [4.78, 5) is 45.0. The van der Waals surface area contributed by atoms with E-state index in [1.54, 1.807) is 0 Å². The van der Waals surface area contributed by atoms with Crippen molar-refractivity contribution in [3.8, 4) is 0 Å². The van der Waals surface area contributed by atoms with Crippen LogP contribution in [0.2, 0.25) is 0 Å². The van der Waals surface area contributed by atoms with Gasteiger partial charge in [-0.2, -0.15) is 12.6 Å². The number of rotatable bonds is 12. The Labute approximate surface area is 143 Å². The number of aliphatic carboxylic acids is 2. The van der Waals surface area contributed by atoms with Crippen LogP contribution in [-0.2, 0) is 23.9 Å². The number of hydrogen-bond acceptors (Lipinski definition) is 7. The summed E-state index contributed by atoms with van der Waals surface area (Å²) in [6.07, 6.45) is -0.0391. The number of epoxide rings is 1. The molecule has 24 heavy (non-hydrogen) atoms. The van der Waals surface area contributed by atoms with E-state index in [4.69, 9.17) is 14.9 Å². The fourth-order valence-corrected chi connectivity index (χ4v) is 2.05. The minimum Gasteiger partial charge on any atom is -0.480 e. The molecule has 0 aliphatic carbocycles. The molecule has 5 N–H and O–H groups in total. The van der Waals surface area contributed by atoms with Gasteiger partial charge < -0.3 is 30.9 Å². The Bertz CT molecular complexity index is 484. The molecule has 1 saturated heterocycles. The van der Waals surface area contributed by atoms with E-state index in [1.807, 2.05) is 0 Å². The number of amides is 2. The smallest absolute Gasteiger partial charge is 0.322 e. The topological polar surface area (TPSA) is 157 Å². The van der Waals surface area contributed by atoms with Crippen molar-refractivity contribution >= 4 is 36.4 Å². The number of carbonyl (C=O) groups excluding carboxylic acids is 2. The molecular weight excluding hydrogens is 342 g/mol. The normalized spacial score (nSPS) is 18.3. The number of ether oxygens (including phenoxy) is 1. The third kappa shape index (κ3) is 8.13. The van der Waals surface area contributed by atoms with Gasteiger partial charge in [-0.15, -0.1) is 0 Å². The summed E-state index contributed by atoms with van der Waals surface area (Å²) in [6, 6.07) is -1.88. The quantitative estimate of drug-likeness (QED) is 0.169. The number of nitrogens with one attached hydrogen (secondary N) is 3. The average Bonchev–Trinajstić information content (AvgIpc) is 3.33. The van der Waals surface area contributed by atoms with Crippen molar-refractivity contribution in [1.82, 2.24) is 16.0 Å². The van der Waals surface area contributed by atoms with Gasteiger partial charge in [-0.05, 0) is 6.42 Å². The van der Waals surface area contributed by atoms with Crippen molar-refractivity contribution in [3.63, 3.8) is 0 Å². The molecular formula is C13H21N3O7S. The SMILES string of the molecule is O=C(O)CNC(=O)[C@H](CS)NC(=O)CC[C@H](NCC1CO1)C(=O)O. The van der Waals surface area contributed by atoms with Gasteiger partial charge in [-0.25, -0.2) is 0 Å². The van der Waals surface area contributed by atoms with E-state index in [0.717, 1.165) is 0 Å². The van der Waals surface area contributed by atoms with Gasteiger partial charge in [0.25, 0.3) is 0 Å². The second-order valence-corrected chi connectivity index (χ2v) is 5.57. The molecule has 1 heterocycles. The van der Waals surface area contributed by atoms with Gasteiger partial charge in [0, 0.05) is 18.7 Å². The van der Waals surface area contributed by atoms with Crippen LogP contribution in [-0.4, -0.2) is 77.6 Å². The van der Waals surface area contributed by atoms with Crippen LogP contribution in [0.3, 0.4) is 0 Å². The van der Waals surface area contributed by atoms with E-state index < -0.39 is 42.4 Å². The first-order valence-corrected chi connectivity index (χ1v) is 7.94. The molecule has 0 spiro atoms. The number of hydrogen-bond donors (Lipinski definition) is 6. The van der Waals surface area contributed by atoms with Gasteiger partial charge in [0.2, 0.25) is 11.8 Å². The third-order valence-electron chi connectivity index (χ3n) is 3.20. The fraction of sp³-hybridized carbons (Fsp3) is 0.692. The molecule has 1 fully saturated rings. The van der Waals surface area contributed by atoms with Crippen molar-refractivity contribution in [2.45, 2.75) is 31.0 Å². The Balaban J connectivity index is 2.36. The summed E-state index contributed by atoms with van der Waals surface area (Å²) in [5.74, 6) is -3.48. The number of carboxylic acids is 2. The molecule has 136 valence electrons. The monoisotopic (exact) mass is 363 g/mol. The maximum Gasteiger partial charge on any atom is 0.322 e. The van der Waals surface area contributed by atoms with Crippen molar-refractivity contribution < 1.29 is 34.1 Å². The lowest BCUT2D eigenvalue weighted by atomic mass is 10.1. The van der Waals surface area contributed by atoms with E-state index in [1.165, 1.54) is 0 Å². The Morgan fingerprint density at radius 2 is 1.88 bits per heavy atom. The molecule has 0 radical (unpaired) electrons. The highest BCUT2D eigenvalue weighted by Crippen LogP contribution is 2.08. The van der Waals surface area contributed by atoms with Crippen molar-refractivity contribution in [1.29, 1.82) is 0 Å². The summed E-state index contributed by atoms with van der Waals surface area (Å²) in [5.41, 5.74) is 0. The van der Waals surface area contributed by atoms with Gasteiger partial charge in [-0.1, -0.05) is 0 Å². The molecule has 1 aliphatic rings. The molecule has 0 aromatic carbocycles. The zero-order valence-corrected chi connectivity index (χ0v) is 13.8. The third-order valence-corrected chi connectivity index (χ3v) is 3.57. The summed E-state index contributed by atoms with van der Waals surface area (Å²) in [7, 11) is 0. The first kappa shape index (κ1) is 20.2. The maximum absolute atomic E-state index is 11.8. The lowest BCUT2D eigenvalue weighted by Crippen LogP contribution is -2.49. The zero-order valence-electron chi connectivity index (χ0n) is 12.9. The highest BCUT2D eigenvalue weighted by atomic mass is 32.1. The summed E-state index contributed by atoms with van der Waals surface area (Å²) in [6.45, 7) is 0.428. The van der Waals surface area contributed by atoms with Gasteiger partial charge in [0.1, 0.15) is 18.6 Å². The summed E-state index contributed by atoms with van der Waals surface area (Å²) >= 11 is 3.94. The predicted molar refractivity (Wildman–Crippen MR) is 84.8 cm³/mol. The van der Waals surface area contributed by atoms with Crippen LogP contribution < -0.4 is 16.0 Å². The van der Waals surface area contributed by atoms with E-state index in [2.05, 4.69) is 28.6 Å². The van der Waals surface area contributed by atoms with E-state index in [-0.39, 0.29) is 24.7 Å². The van der Waals surface area contributed by atoms with E-state index >= 15 is 0 Å². The predicted octanol–water partition coefficient (Wildman–Crippen LogP) is -2.18. The molecule has 10 nitrogen and oxygen atoms in total. The van der Waals surface area contributed by atoms with Crippen LogP contribution in [0.15, 0.2) is 0 Å². The molecule has 0 saturated carbocycles. The minimum atomic E-state index is -1.21. The molecule has 2 amide bonds. The van der Waals surface area contributed by atoms with Crippen LogP contribution in [0, 0.1) is 0 Å². The van der Waals surface area contributed by atoms with Crippen molar-refractivity contribution in [2.24, 2.45) is 0 Å². The van der Waals surface area contributed by atoms with Gasteiger partial charge in [-0.3, -0.25) is 19.2 Å². The van der Waals surface area contributed by atoms with Crippen LogP contribution in [0.5, 0.6) is 0 Å². The van der Waals surface area contributed by atoms with Crippen LogP contribution in [0.4, 0.5) is 0 Å². The summed E-state index contributed by atoms with van der Waals surface area (Å²) in [5, 5.41) is 24.9. The first-order valence-electron chi connectivity index (χ1n) is 7.31. The Hall–Kier alpha value is -1.85. The van der Waals surface area contributed by atoms with Crippen LogP contribution in [0.1, 0.15) is 12.8 Å². The van der Waals surface area contributed by atoms with Crippen molar-refractivity contribution in [2.75, 3.05) is 25.4 Å². The van der Waals surface area contributed by atoms with Crippen LogP contribution >= 0.6 is 12.6 Å². The molecule has 0 aromatic heterocycles. The highest BCUT2D eigenvalue weighted by molar-refractivity contribution is 7.80. The molecule has 0 bridgehead atoms. The van der Waals surface area contributed by atoms with Crippen LogP contribution in [0.25, 0.3) is 0 Å². The standard InChI is InChI=1S/C13H21N3O7S/c17-10(16-9(6-24)12(20)15-4-11(18)19)2-1-8(13(21)22)14-3-7-5-23-7/h7-9,14,24H,1-6H2,(H,15,20)(H,16,17)(H,18,19)(H,21,22)/t7?,8-,9-/m0/s1. The van der Waals surface area contributed by atoms with Gasteiger partial charge in [0.05, 0.1) is 12.7 Å². The van der Waals surface area contributed by atoms with Gasteiger partial charge in [0.15, 0.2) is 0 Å². The van der Waals surface area contributed by atoms with E-state index in [0.29, 0.717) is 13.2 Å². The molecule has 0 aromatic rings. The molecule has 3 atom stereocenters. The van der Waals surface area contributed by atoms with Gasteiger partial charge >= 0.3 is 11.9 Å². The lowest BCUT2D eigenvalue weighted by Gasteiger charge is -2.17. The second kappa shape index (κ2) is 10.1. The number of thiol groups is 1. The molecule has 1 aliphatic heterocycles. The maximum atomic E-state index is 11.8. The highest BCUT2D eigenvalue weighted by Gasteiger charge is 2.26. The molecule has 1 rings (SSSR count). The largest absolute Gasteiger partial charge is 0.480 e. The second-order valence-electron chi connectivity index (χ2n) is 5.21. The number of carboxylic acid groups (broad SMARTS) is 2. The lowest BCUT2D eigenvalue weighted by molar-refractivity contribution is -0.140. The molecule has 1 unspecified atom stereocenters. The Morgan fingerprint density at radius 1 is 1.21 bits per heavy atom. The summed E-state index contributed by atoms with van der Waals surface area (Å²) < 4.78 is 4.97. The Kier molecular flexibility index (Phi) is 8.50. The fourth-order valence-electron chi connectivity index (χ4n) is 1.79. The zero-order chi connectivity index (χ0) is 18.1. The average molecular weight is 363 g/mol. The Morgan fingerprint density at radius 3 is 2.38 bits per heavy atom. The first-order chi connectivity index (χ1) is 11.3. The van der Waals surface area contributed by atoms with Crippen molar-refractivity contribution in [3.05, 3.63) is 0 Å². The molecule has 11 heteroatoms. The van der Waals surface area contributed by atoms with E-state index in [9.17, 15) is 19.2 Å². The minimum absolute atomic E-state index is 0.0170. The number of carbonyl (C=O) groups is 4.